The molecule has 2 nitrogen and oxygen atoms in total. The molecule has 5 aliphatic carbocycles. The van der Waals surface area contributed by atoms with Gasteiger partial charge in [-0.3, -0.25) is 0 Å². The van der Waals surface area contributed by atoms with Gasteiger partial charge < -0.3 is 10.1 Å². The summed E-state index contributed by atoms with van der Waals surface area (Å²) < 4.78 is 6.36. The van der Waals surface area contributed by atoms with Gasteiger partial charge >= 0.3 is 0 Å². The van der Waals surface area contributed by atoms with E-state index < -0.39 is 0 Å². The fourth-order valence-electron chi connectivity index (χ4n) is 6.63. The van der Waals surface area contributed by atoms with E-state index in [9.17, 15) is 0 Å². The Morgan fingerprint density at radius 3 is 2.05 bits per heavy atom. The number of nitrogens with one attached hydrogen (secondary N) is 1. The highest BCUT2D eigenvalue weighted by atomic mass is 16.5. The highest BCUT2D eigenvalue weighted by Crippen LogP contribution is 2.61. The zero-order valence-corrected chi connectivity index (χ0v) is 13.8. The van der Waals surface area contributed by atoms with E-state index in [0.29, 0.717) is 17.6 Å². The summed E-state index contributed by atoms with van der Waals surface area (Å²) in [6, 6.07) is 0.604. The predicted molar refractivity (Wildman–Crippen MR) is 86.3 cm³/mol. The van der Waals surface area contributed by atoms with Crippen molar-refractivity contribution in [3.63, 3.8) is 0 Å². The molecule has 0 saturated heterocycles. The third-order valence-electron chi connectivity index (χ3n) is 7.22. The second-order valence-electron chi connectivity index (χ2n) is 8.71. The maximum atomic E-state index is 6.36. The van der Waals surface area contributed by atoms with E-state index in [1.807, 2.05) is 0 Å². The normalized spacial score (nSPS) is 44.1. The molecule has 120 valence electrons. The first-order valence-electron chi connectivity index (χ1n) is 9.56. The van der Waals surface area contributed by atoms with Gasteiger partial charge in [-0.25, -0.2) is 0 Å². The molecule has 0 aliphatic heterocycles. The van der Waals surface area contributed by atoms with Crippen molar-refractivity contribution in [3.8, 4) is 0 Å². The average molecular weight is 291 g/mol. The van der Waals surface area contributed by atoms with Crippen molar-refractivity contribution in [1.82, 2.24) is 5.32 Å². The summed E-state index contributed by atoms with van der Waals surface area (Å²) in [6.07, 6.45) is 16.4. The first-order chi connectivity index (χ1) is 10.3. The molecule has 5 fully saturated rings. The highest BCUT2D eigenvalue weighted by Gasteiger charge is 2.53. The number of hydrogen-bond donors (Lipinski definition) is 1. The molecule has 4 bridgehead atoms. The topological polar surface area (TPSA) is 21.3 Å². The van der Waals surface area contributed by atoms with Crippen molar-refractivity contribution >= 4 is 0 Å². The summed E-state index contributed by atoms with van der Waals surface area (Å²) in [4.78, 5) is 0. The summed E-state index contributed by atoms with van der Waals surface area (Å²) in [5, 5.41) is 3.67. The van der Waals surface area contributed by atoms with E-state index in [-0.39, 0.29) is 0 Å². The van der Waals surface area contributed by atoms with Gasteiger partial charge in [0.15, 0.2) is 0 Å². The van der Waals surface area contributed by atoms with Crippen molar-refractivity contribution in [2.75, 3.05) is 13.7 Å². The quantitative estimate of drug-likeness (QED) is 0.822. The Balaban J connectivity index is 1.40. The van der Waals surface area contributed by atoms with Crippen molar-refractivity contribution in [2.45, 2.75) is 82.8 Å². The van der Waals surface area contributed by atoms with Crippen LogP contribution in [-0.2, 0) is 4.74 Å². The number of ether oxygens (including phenoxy) is 1. The van der Waals surface area contributed by atoms with Gasteiger partial charge in [0.1, 0.15) is 0 Å². The minimum Gasteiger partial charge on any atom is -0.377 e. The van der Waals surface area contributed by atoms with Crippen LogP contribution < -0.4 is 5.32 Å². The molecule has 0 spiro atoms. The van der Waals surface area contributed by atoms with E-state index >= 15 is 0 Å². The molecule has 1 unspecified atom stereocenters. The van der Waals surface area contributed by atoms with Crippen LogP contribution in [0.15, 0.2) is 0 Å². The Kier molecular flexibility index (Phi) is 4.04. The van der Waals surface area contributed by atoms with Gasteiger partial charge in [-0.05, 0) is 81.6 Å². The second kappa shape index (κ2) is 5.85. The Bertz CT molecular complexity index is 325. The Morgan fingerprint density at radius 2 is 1.52 bits per heavy atom. The Hall–Kier alpha value is -0.0800. The van der Waals surface area contributed by atoms with E-state index in [1.54, 1.807) is 0 Å². The summed E-state index contributed by atoms with van der Waals surface area (Å²) in [7, 11) is 2.17. The van der Waals surface area contributed by atoms with Crippen molar-refractivity contribution in [2.24, 2.45) is 23.2 Å². The summed E-state index contributed by atoms with van der Waals surface area (Å²) in [5.74, 6) is 3.13. The average Bonchev–Trinajstić information content (AvgIpc) is 2.47. The lowest BCUT2D eigenvalue weighted by Crippen LogP contribution is -2.57. The molecule has 21 heavy (non-hydrogen) atoms. The van der Waals surface area contributed by atoms with Crippen LogP contribution in [0.3, 0.4) is 0 Å². The molecule has 1 N–H and O–H groups in total. The van der Waals surface area contributed by atoms with Crippen LogP contribution in [-0.4, -0.2) is 25.8 Å². The summed E-state index contributed by atoms with van der Waals surface area (Å²) >= 11 is 0. The van der Waals surface area contributed by atoms with Crippen LogP contribution in [0.1, 0.15) is 70.6 Å². The Labute approximate surface area is 130 Å². The summed E-state index contributed by atoms with van der Waals surface area (Å²) in [6.45, 7) is 0.966. The zero-order valence-electron chi connectivity index (χ0n) is 13.8. The lowest BCUT2D eigenvalue weighted by Gasteiger charge is -2.59. The van der Waals surface area contributed by atoms with Gasteiger partial charge in [-0.1, -0.05) is 19.3 Å². The molecule has 0 aromatic rings. The maximum Gasteiger partial charge on any atom is 0.0628 e. The van der Waals surface area contributed by atoms with E-state index in [1.165, 1.54) is 70.6 Å². The zero-order chi connectivity index (χ0) is 14.3. The molecule has 0 aromatic heterocycles. The molecule has 5 rings (SSSR count). The molecule has 0 radical (unpaired) electrons. The van der Waals surface area contributed by atoms with Gasteiger partial charge in [0.05, 0.1) is 12.7 Å². The van der Waals surface area contributed by atoms with Crippen LogP contribution in [0.4, 0.5) is 0 Å². The molecule has 1 atom stereocenters. The molecular weight excluding hydrogens is 258 g/mol. The third-order valence-corrected chi connectivity index (χ3v) is 7.22. The minimum atomic E-state index is 0.559. The molecule has 0 aromatic carbocycles. The van der Waals surface area contributed by atoms with Crippen LogP contribution in [0, 0.1) is 23.2 Å². The SMILES string of the molecule is CNC(COC1CCCCC1)C12CC3CC(CC(C3)C1)C2. The van der Waals surface area contributed by atoms with Crippen LogP contribution in [0.5, 0.6) is 0 Å². The van der Waals surface area contributed by atoms with Gasteiger partial charge in [0.2, 0.25) is 0 Å². The molecule has 2 heteroatoms. The van der Waals surface area contributed by atoms with Gasteiger partial charge in [-0.2, -0.15) is 0 Å². The Morgan fingerprint density at radius 1 is 0.952 bits per heavy atom. The molecule has 0 heterocycles. The number of rotatable bonds is 5. The van der Waals surface area contributed by atoms with Crippen molar-refractivity contribution in [1.29, 1.82) is 0 Å². The maximum absolute atomic E-state index is 6.36. The van der Waals surface area contributed by atoms with Crippen molar-refractivity contribution < 1.29 is 4.74 Å². The lowest BCUT2D eigenvalue weighted by atomic mass is 9.48. The standard InChI is InChI=1S/C19H33NO/c1-20-18(13-21-17-5-3-2-4-6-17)19-10-14-7-15(11-19)9-16(8-14)12-19/h14-18,20H,2-13H2,1H3. The minimum absolute atomic E-state index is 0.559. The van der Waals surface area contributed by atoms with E-state index in [4.69, 9.17) is 4.74 Å². The fraction of sp³-hybridized carbons (Fsp3) is 1.00. The smallest absolute Gasteiger partial charge is 0.0628 e. The third kappa shape index (κ3) is 2.79. The van der Waals surface area contributed by atoms with Gasteiger partial charge in [-0.15, -0.1) is 0 Å². The van der Waals surface area contributed by atoms with E-state index in [2.05, 4.69) is 12.4 Å². The number of likely N-dealkylation sites (N-methyl/N-ethyl adjacent to an activating group) is 1. The number of hydrogen-bond acceptors (Lipinski definition) is 2. The van der Waals surface area contributed by atoms with Gasteiger partial charge in [0.25, 0.3) is 0 Å². The highest BCUT2D eigenvalue weighted by molar-refractivity contribution is 5.06. The van der Waals surface area contributed by atoms with Crippen LogP contribution >= 0.6 is 0 Å². The van der Waals surface area contributed by atoms with Crippen molar-refractivity contribution in [3.05, 3.63) is 0 Å². The lowest BCUT2D eigenvalue weighted by molar-refractivity contribution is -0.0966. The summed E-state index contributed by atoms with van der Waals surface area (Å²) in [5.41, 5.74) is 0.582. The van der Waals surface area contributed by atoms with Gasteiger partial charge in [0, 0.05) is 6.04 Å². The monoisotopic (exact) mass is 291 g/mol. The van der Waals surface area contributed by atoms with Crippen LogP contribution in [0.2, 0.25) is 0 Å². The second-order valence-corrected chi connectivity index (χ2v) is 8.71. The van der Waals surface area contributed by atoms with Crippen LogP contribution in [0.25, 0.3) is 0 Å². The molecule has 5 saturated carbocycles. The fourth-order valence-corrected chi connectivity index (χ4v) is 6.63. The predicted octanol–water partition coefficient (Wildman–Crippen LogP) is 4.14. The first kappa shape index (κ1) is 14.5. The first-order valence-corrected chi connectivity index (χ1v) is 9.56. The van der Waals surface area contributed by atoms with E-state index in [0.717, 1.165) is 24.4 Å². The molecule has 0 amide bonds. The largest absolute Gasteiger partial charge is 0.377 e. The molecular formula is C19H33NO. The molecule has 5 aliphatic rings.